The number of anilines is 3. The fourth-order valence-electron chi connectivity index (χ4n) is 1.40. The van der Waals surface area contributed by atoms with Crippen LogP contribution in [0.3, 0.4) is 0 Å². The number of pyridine rings is 1. The molecule has 0 aliphatic rings. The van der Waals surface area contributed by atoms with Crippen molar-refractivity contribution in [2.45, 2.75) is 0 Å². The summed E-state index contributed by atoms with van der Waals surface area (Å²) in [6.07, 6.45) is 0. The average molecular weight is 253 g/mol. The molecule has 2 aromatic rings. The van der Waals surface area contributed by atoms with E-state index >= 15 is 0 Å². The molecule has 2 N–H and O–H groups in total. The van der Waals surface area contributed by atoms with Crippen LogP contribution in [0.25, 0.3) is 0 Å². The summed E-state index contributed by atoms with van der Waals surface area (Å²) in [7, 11) is 1.48. The van der Waals surface area contributed by atoms with Gasteiger partial charge in [-0.05, 0) is 24.3 Å². The SMILES string of the molecule is CNc1nc(Nc2ccc(F)cc2)c(F)cc1F. The lowest BCUT2D eigenvalue weighted by atomic mass is 10.3. The van der Waals surface area contributed by atoms with Crippen LogP contribution in [0, 0.1) is 17.5 Å². The molecular weight excluding hydrogens is 243 g/mol. The van der Waals surface area contributed by atoms with Crippen LogP contribution in [0.5, 0.6) is 0 Å². The van der Waals surface area contributed by atoms with Crippen molar-refractivity contribution >= 4 is 17.3 Å². The summed E-state index contributed by atoms with van der Waals surface area (Å²) in [5.41, 5.74) is 0.455. The number of halogens is 3. The van der Waals surface area contributed by atoms with Crippen molar-refractivity contribution in [3.05, 3.63) is 47.8 Å². The standard InChI is InChI=1S/C12H10F3N3/c1-16-11-9(14)6-10(15)12(18-11)17-8-4-2-7(13)3-5-8/h2-6H,1H3,(H2,16,17,18). The molecular formula is C12H10F3N3. The zero-order valence-electron chi connectivity index (χ0n) is 9.47. The Bertz CT molecular complexity index is 555. The van der Waals surface area contributed by atoms with E-state index in [0.29, 0.717) is 5.69 Å². The molecule has 0 unspecified atom stereocenters. The molecule has 0 radical (unpaired) electrons. The lowest BCUT2D eigenvalue weighted by Crippen LogP contribution is -2.03. The van der Waals surface area contributed by atoms with Gasteiger partial charge in [-0.25, -0.2) is 18.2 Å². The Hall–Kier alpha value is -2.24. The van der Waals surface area contributed by atoms with E-state index in [1.54, 1.807) is 0 Å². The van der Waals surface area contributed by atoms with Crippen LogP contribution in [0.1, 0.15) is 0 Å². The fraction of sp³-hybridized carbons (Fsp3) is 0.0833. The third-order valence-electron chi connectivity index (χ3n) is 2.27. The third-order valence-corrected chi connectivity index (χ3v) is 2.27. The van der Waals surface area contributed by atoms with Gasteiger partial charge in [-0.2, -0.15) is 0 Å². The zero-order valence-corrected chi connectivity index (χ0v) is 9.47. The largest absolute Gasteiger partial charge is 0.371 e. The molecule has 3 nitrogen and oxygen atoms in total. The van der Waals surface area contributed by atoms with Gasteiger partial charge in [0, 0.05) is 18.8 Å². The number of nitrogens with zero attached hydrogens (tertiary/aromatic N) is 1. The summed E-state index contributed by atoms with van der Waals surface area (Å²) in [5.74, 6) is -2.20. The van der Waals surface area contributed by atoms with E-state index in [1.165, 1.54) is 31.3 Å². The smallest absolute Gasteiger partial charge is 0.169 e. The second kappa shape index (κ2) is 4.95. The molecule has 1 heterocycles. The number of hydrogen-bond acceptors (Lipinski definition) is 3. The monoisotopic (exact) mass is 253 g/mol. The normalized spacial score (nSPS) is 10.2. The molecule has 1 aromatic heterocycles. The van der Waals surface area contributed by atoms with Gasteiger partial charge in [-0.1, -0.05) is 0 Å². The predicted molar refractivity (Wildman–Crippen MR) is 63.4 cm³/mol. The lowest BCUT2D eigenvalue weighted by Gasteiger charge is -2.09. The van der Waals surface area contributed by atoms with Gasteiger partial charge in [0.15, 0.2) is 23.3 Å². The van der Waals surface area contributed by atoms with Gasteiger partial charge in [-0.15, -0.1) is 0 Å². The highest BCUT2D eigenvalue weighted by Crippen LogP contribution is 2.22. The minimum Gasteiger partial charge on any atom is -0.371 e. The fourth-order valence-corrected chi connectivity index (χ4v) is 1.40. The molecule has 2 rings (SSSR count). The first-order valence-corrected chi connectivity index (χ1v) is 5.16. The van der Waals surface area contributed by atoms with Crippen LogP contribution < -0.4 is 10.6 Å². The van der Waals surface area contributed by atoms with Gasteiger partial charge < -0.3 is 10.6 Å². The van der Waals surface area contributed by atoms with E-state index in [0.717, 1.165) is 6.07 Å². The van der Waals surface area contributed by atoms with Gasteiger partial charge >= 0.3 is 0 Å². The Morgan fingerprint density at radius 3 is 2.17 bits per heavy atom. The predicted octanol–water partition coefficient (Wildman–Crippen LogP) is 3.28. The molecule has 0 fully saturated rings. The second-order valence-electron chi connectivity index (χ2n) is 3.53. The zero-order chi connectivity index (χ0) is 13.1. The van der Waals surface area contributed by atoms with Crippen molar-refractivity contribution in [3.63, 3.8) is 0 Å². The van der Waals surface area contributed by atoms with E-state index in [2.05, 4.69) is 15.6 Å². The number of nitrogens with one attached hydrogen (secondary N) is 2. The van der Waals surface area contributed by atoms with E-state index in [4.69, 9.17) is 0 Å². The molecule has 0 bridgehead atoms. The minimum atomic E-state index is -0.823. The van der Waals surface area contributed by atoms with Gasteiger partial charge in [0.1, 0.15) is 5.82 Å². The molecule has 94 valence electrons. The molecule has 0 saturated heterocycles. The Morgan fingerprint density at radius 2 is 1.56 bits per heavy atom. The van der Waals surface area contributed by atoms with Crippen LogP contribution in [0.2, 0.25) is 0 Å². The summed E-state index contributed by atoms with van der Waals surface area (Å²) in [6, 6.07) is 6.04. The Kier molecular flexibility index (Phi) is 3.36. The minimum absolute atomic E-state index is 0.0685. The lowest BCUT2D eigenvalue weighted by molar-refractivity contribution is 0.580. The van der Waals surface area contributed by atoms with Crippen LogP contribution in [0.15, 0.2) is 30.3 Å². The quantitative estimate of drug-likeness (QED) is 0.881. The Morgan fingerprint density at radius 1 is 0.944 bits per heavy atom. The first-order valence-electron chi connectivity index (χ1n) is 5.16. The maximum absolute atomic E-state index is 13.5. The molecule has 0 amide bonds. The highest BCUT2D eigenvalue weighted by atomic mass is 19.1. The van der Waals surface area contributed by atoms with Gasteiger partial charge in [0.2, 0.25) is 0 Å². The van der Waals surface area contributed by atoms with E-state index in [-0.39, 0.29) is 11.6 Å². The maximum Gasteiger partial charge on any atom is 0.169 e. The van der Waals surface area contributed by atoms with E-state index in [9.17, 15) is 13.2 Å². The first-order chi connectivity index (χ1) is 8.60. The van der Waals surface area contributed by atoms with Crippen molar-refractivity contribution in [3.8, 4) is 0 Å². The van der Waals surface area contributed by atoms with Gasteiger partial charge in [0.05, 0.1) is 0 Å². The topological polar surface area (TPSA) is 37.0 Å². The summed E-state index contributed by atoms with van der Waals surface area (Å²) in [6.45, 7) is 0. The Balaban J connectivity index is 2.31. The highest BCUT2D eigenvalue weighted by molar-refractivity contribution is 5.58. The molecule has 18 heavy (non-hydrogen) atoms. The Labute approximate surface area is 102 Å². The highest BCUT2D eigenvalue weighted by Gasteiger charge is 2.11. The molecule has 0 aliphatic heterocycles. The average Bonchev–Trinajstić information content (AvgIpc) is 2.35. The molecule has 0 atom stereocenters. The molecule has 0 saturated carbocycles. The summed E-state index contributed by atoms with van der Waals surface area (Å²) in [5, 5.41) is 5.15. The van der Waals surface area contributed by atoms with Gasteiger partial charge in [-0.3, -0.25) is 0 Å². The van der Waals surface area contributed by atoms with Crippen LogP contribution in [0.4, 0.5) is 30.5 Å². The number of rotatable bonds is 3. The molecule has 0 aliphatic carbocycles. The van der Waals surface area contributed by atoms with Gasteiger partial charge in [0.25, 0.3) is 0 Å². The van der Waals surface area contributed by atoms with E-state index < -0.39 is 17.5 Å². The van der Waals surface area contributed by atoms with Crippen molar-refractivity contribution < 1.29 is 13.2 Å². The van der Waals surface area contributed by atoms with Crippen molar-refractivity contribution in [2.75, 3.05) is 17.7 Å². The molecule has 0 spiro atoms. The number of aromatic nitrogens is 1. The molecule has 1 aromatic carbocycles. The molecule has 6 heteroatoms. The van der Waals surface area contributed by atoms with Crippen LogP contribution in [-0.4, -0.2) is 12.0 Å². The maximum atomic E-state index is 13.5. The van der Waals surface area contributed by atoms with Crippen LogP contribution >= 0.6 is 0 Å². The van der Waals surface area contributed by atoms with E-state index in [1.807, 2.05) is 0 Å². The number of benzene rings is 1. The number of hydrogen-bond donors (Lipinski definition) is 2. The summed E-state index contributed by atoms with van der Waals surface area (Å²) >= 11 is 0. The van der Waals surface area contributed by atoms with Crippen molar-refractivity contribution in [1.82, 2.24) is 4.98 Å². The van der Waals surface area contributed by atoms with Crippen molar-refractivity contribution in [2.24, 2.45) is 0 Å². The van der Waals surface area contributed by atoms with Crippen LogP contribution in [-0.2, 0) is 0 Å². The first kappa shape index (κ1) is 12.2. The second-order valence-corrected chi connectivity index (χ2v) is 3.53. The third kappa shape index (κ3) is 2.53. The summed E-state index contributed by atoms with van der Waals surface area (Å²) in [4.78, 5) is 3.74. The summed E-state index contributed by atoms with van der Waals surface area (Å²) < 4.78 is 39.3. The van der Waals surface area contributed by atoms with Crippen molar-refractivity contribution in [1.29, 1.82) is 0 Å².